The van der Waals surface area contributed by atoms with Gasteiger partial charge >= 0.3 is 0 Å². The van der Waals surface area contributed by atoms with Crippen molar-refractivity contribution in [2.24, 2.45) is 11.1 Å². The highest BCUT2D eigenvalue weighted by Crippen LogP contribution is 2.18. The van der Waals surface area contributed by atoms with E-state index in [9.17, 15) is 14.9 Å². The summed E-state index contributed by atoms with van der Waals surface area (Å²) >= 11 is 0. The molecule has 2 N–H and O–H groups in total. The minimum atomic E-state index is -0.771. The molecule has 0 heterocycles. The van der Waals surface area contributed by atoms with Crippen molar-refractivity contribution >= 4 is 5.91 Å². The average molecular weight is 160 g/mol. The Morgan fingerprint density at radius 2 is 2.09 bits per heavy atom. The zero-order valence-corrected chi connectivity index (χ0v) is 6.66. The Morgan fingerprint density at radius 3 is 2.36 bits per heavy atom. The van der Waals surface area contributed by atoms with Gasteiger partial charge in [0, 0.05) is 16.8 Å². The van der Waals surface area contributed by atoms with Crippen LogP contribution in [0.4, 0.5) is 0 Å². The van der Waals surface area contributed by atoms with E-state index in [1.807, 2.05) is 0 Å². The van der Waals surface area contributed by atoms with E-state index < -0.39 is 16.2 Å². The van der Waals surface area contributed by atoms with Crippen molar-refractivity contribution in [2.75, 3.05) is 6.54 Å². The van der Waals surface area contributed by atoms with Crippen molar-refractivity contribution in [3.8, 4) is 0 Å². The number of primary amides is 1. The van der Waals surface area contributed by atoms with E-state index in [2.05, 4.69) is 0 Å². The number of amides is 1. The van der Waals surface area contributed by atoms with E-state index in [4.69, 9.17) is 5.73 Å². The van der Waals surface area contributed by atoms with Crippen LogP contribution in [0.2, 0.25) is 0 Å². The van der Waals surface area contributed by atoms with Crippen LogP contribution in [0.15, 0.2) is 0 Å². The quantitative estimate of drug-likeness (QED) is 0.469. The van der Waals surface area contributed by atoms with Gasteiger partial charge in [-0.2, -0.15) is 0 Å². The number of rotatable bonds is 4. The van der Waals surface area contributed by atoms with Gasteiger partial charge in [-0.25, -0.2) is 0 Å². The number of hydrogen-bond donors (Lipinski definition) is 1. The summed E-state index contributed by atoms with van der Waals surface area (Å²) in [6.45, 7) is 2.98. The lowest BCUT2D eigenvalue weighted by Gasteiger charge is -2.16. The molecule has 0 radical (unpaired) electrons. The Balaban J connectivity index is 3.92. The molecule has 0 unspecified atom stereocenters. The van der Waals surface area contributed by atoms with Gasteiger partial charge in [-0.15, -0.1) is 0 Å². The molecule has 0 spiro atoms. The molecule has 64 valence electrons. The molecule has 5 heteroatoms. The first-order valence-corrected chi connectivity index (χ1v) is 3.28. The molecule has 11 heavy (non-hydrogen) atoms. The third-order valence-electron chi connectivity index (χ3n) is 1.59. The predicted molar refractivity (Wildman–Crippen MR) is 39.5 cm³/mol. The first-order valence-electron chi connectivity index (χ1n) is 3.28. The minimum Gasteiger partial charge on any atom is -0.369 e. The van der Waals surface area contributed by atoms with Crippen LogP contribution in [0.25, 0.3) is 0 Å². The Bertz CT molecular complexity index is 177. The van der Waals surface area contributed by atoms with Gasteiger partial charge in [0.15, 0.2) is 0 Å². The summed E-state index contributed by atoms with van der Waals surface area (Å²) in [6.07, 6.45) is 0.190. The zero-order chi connectivity index (χ0) is 9.07. The Morgan fingerprint density at radius 1 is 1.64 bits per heavy atom. The molecule has 0 atom stereocenters. The summed E-state index contributed by atoms with van der Waals surface area (Å²) < 4.78 is 0. The topological polar surface area (TPSA) is 86.2 Å². The summed E-state index contributed by atoms with van der Waals surface area (Å²) in [5.74, 6) is -0.501. The fourth-order valence-electron chi connectivity index (χ4n) is 0.494. The first-order chi connectivity index (χ1) is 4.86. The van der Waals surface area contributed by atoms with Crippen LogP contribution in [-0.2, 0) is 4.79 Å². The van der Waals surface area contributed by atoms with Gasteiger partial charge in [0.1, 0.15) is 0 Å². The Hall–Kier alpha value is -1.13. The van der Waals surface area contributed by atoms with Gasteiger partial charge in [0.25, 0.3) is 0 Å². The van der Waals surface area contributed by atoms with Crippen LogP contribution in [0.5, 0.6) is 0 Å². The first kappa shape index (κ1) is 9.87. The van der Waals surface area contributed by atoms with Crippen molar-refractivity contribution in [1.29, 1.82) is 0 Å². The van der Waals surface area contributed by atoms with Gasteiger partial charge in [-0.1, -0.05) is 13.8 Å². The monoisotopic (exact) mass is 160 g/mol. The van der Waals surface area contributed by atoms with E-state index in [-0.39, 0.29) is 13.0 Å². The molecule has 0 aliphatic rings. The van der Waals surface area contributed by atoms with Gasteiger partial charge in [-0.05, 0) is 0 Å². The number of carbonyl (C=O) groups is 1. The van der Waals surface area contributed by atoms with Crippen LogP contribution in [0.1, 0.15) is 20.3 Å². The molecule has 0 aromatic carbocycles. The summed E-state index contributed by atoms with van der Waals surface area (Å²) in [6, 6.07) is 0. The standard InChI is InChI=1S/C6H12N2O3/c1-6(2,5(7)9)3-4-8(10)11/h3-4H2,1-2H3,(H2,7,9). The number of hydrogen-bond acceptors (Lipinski definition) is 3. The zero-order valence-electron chi connectivity index (χ0n) is 6.66. The fraction of sp³-hybridized carbons (Fsp3) is 0.833. The molecular formula is C6H12N2O3. The van der Waals surface area contributed by atoms with Crippen LogP contribution in [0, 0.1) is 15.5 Å². The molecule has 0 bridgehead atoms. The lowest BCUT2D eigenvalue weighted by atomic mass is 9.89. The maximum Gasteiger partial charge on any atom is 0.223 e. The SMILES string of the molecule is CC(C)(CC[N+](=O)[O-])C(N)=O. The summed E-state index contributed by atoms with van der Waals surface area (Å²) in [5, 5.41) is 9.92. The maximum absolute atomic E-state index is 10.6. The van der Waals surface area contributed by atoms with Crippen molar-refractivity contribution in [3.05, 3.63) is 10.1 Å². The fourth-order valence-corrected chi connectivity index (χ4v) is 0.494. The molecule has 0 aliphatic heterocycles. The van der Waals surface area contributed by atoms with Crippen LogP contribution in [-0.4, -0.2) is 17.4 Å². The van der Waals surface area contributed by atoms with E-state index in [0.29, 0.717) is 0 Å². The second-order valence-electron chi connectivity index (χ2n) is 3.05. The lowest BCUT2D eigenvalue weighted by molar-refractivity contribution is -0.482. The molecular weight excluding hydrogens is 148 g/mol. The Labute approximate surface area is 64.7 Å². The second-order valence-corrected chi connectivity index (χ2v) is 3.05. The van der Waals surface area contributed by atoms with Crippen molar-refractivity contribution in [2.45, 2.75) is 20.3 Å². The van der Waals surface area contributed by atoms with Gasteiger partial charge in [-0.3, -0.25) is 14.9 Å². The highest BCUT2D eigenvalue weighted by molar-refractivity contribution is 5.79. The molecule has 5 nitrogen and oxygen atoms in total. The van der Waals surface area contributed by atoms with E-state index in [0.717, 1.165) is 0 Å². The largest absolute Gasteiger partial charge is 0.369 e. The highest BCUT2D eigenvalue weighted by Gasteiger charge is 2.26. The maximum atomic E-state index is 10.6. The molecule has 0 saturated heterocycles. The molecule has 1 amide bonds. The predicted octanol–water partition coefficient (Wildman–Crippen LogP) is 0.165. The van der Waals surface area contributed by atoms with Gasteiger partial charge in [0.2, 0.25) is 12.5 Å². The third-order valence-corrected chi connectivity index (χ3v) is 1.59. The average Bonchev–Trinajstić information content (AvgIpc) is 1.84. The van der Waals surface area contributed by atoms with E-state index >= 15 is 0 Å². The molecule has 0 aromatic rings. The summed E-state index contributed by atoms with van der Waals surface area (Å²) in [7, 11) is 0. The van der Waals surface area contributed by atoms with Gasteiger partial charge < -0.3 is 5.73 Å². The molecule has 0 rings (SSSR count). The summed E-state index contributed by atoms with van der Waals surface area (Å²) in [4.78, 5) is 20.1. The summed E-state index contributed by atoms with van der Waals surface area (Å²) in [5.41, 5.74) is 4.22. The van der Waals surface area contributed by atoms with Gasteiger partial charge in [0.05, 0.1) is 0 Å². The van der Waals surface area contributed by atoms with Crippen molar-refractivity contribution < 1.29 is 9.72 Å². The Kier molecular flexibility index (Phi) is 2.98. The minimum absolute atomic E-state index is 0.190. The normalized spacial score (nSPS) is 11.1. The molecule has 0 saturated carbocycles. The molecule has 0 aliphatic carbocycles. The number of nitro groups is 1. The van der Waals surface area contributed by atoms with Crippen molar-refractivity contribution in [1.82, 2.24) is 0 Å². The number of carbonyl (C=O) groups excluding carboxylic acids is 1. The number of nitrogens with two attached hydrogens (primary N) is 1. The second kappa shape index (κ2) is 3.32. The number of nitrogens with zero attached hydrogens (tertiary/aromatic N) is 1. The van der Waals surface area contributed by atoms with Crippen molar-refractivity contribution in [3.63, 3.8) is 0 Å². The third kappa shape index (κ3) is 3.54. The highest BCUT2D eigenvalue weighted by atomic mass is 16.6. The molecule has 0 aromatic heterocycles. The van der Waals surface area contributed by atoms with Crippen LogP contribution >= 0.6 is 0 Å². The van der Waals surface area contributed by atoms with E-state index in [1.165, 1.54) is 0 Å². The van der Waals surface area contributed by atoms with E-state index in [1.54, 1.807) is 13.8 Å². The smallest absolute Gasteiger partial charge is 0.223 e. The molecule has 0 fully saturated rings. The lowest BCUT2D eigenvalue weighted by Crippen LogP contribution is -2.33. The van der Waals surface area contributed by atoms with Crippen LogP contribution < -0.4 is 5.73 Å². The van der Waals surface area contributed by atoms with Crippen LogP contribution in [0.3, 0.4) is 0 Å².